The van der Waals surface area contributed by atoms with Crippen molar-refractivity contribution in [1.82, 2.24) is 24.7 Å². The van der Waals surface area contributed by atoms with Gasteiger partial charge in [0.15, 0.2) is 5.78 Å². The zero-order valence-electron chi connectivity index (χ0n) is 38.4. The van der Waals surface area contributed by atoms with Gasteiger partial charge in [-0.1, -0.05) is 6.07 Å². The molecule has 0 saturated carbocycles. The summed E-state index contributed by atoms with van der Waals surface area (Å²) in [5, 5.41) is 2.88. The van der Waals surface area contributed by atoms with Gasteiger partial charge in [-0.25, -0.2) is 13.1 Å². The number of aromatic nitrogens is 2. The molecule has 2 heterocycles. The third-order valence-corrected chi connectivity index (χ3v) is 13.5. The Morgan fingerprint density at radius 2 is 1.12 bits per heavy atom. The van der Waals surface area contributed by atoms with Crippen LogP contribution >= 0.6 is 12.4 Å². The van der Waals surface area contributed by atoms with Crippen LogP contribution < -0.4 is 41.4 Å². The number of carbonyl (C=O) groups is 2. The van der Waals surface area contributed by atoms with Gasteiger partial charge in [-0.3, -0.25) is 14.8 Å². The van der Waals surface area contributed by atoms with Crippen LogP contribution in [0.1, 0.15) is 80.0 Å². The molecule has 0 radical (unpaired) electrons. The quantitative estimate of drug-likeness (QED) is 0.0230. The van der Waals surface area contributed by atoms with E-state index in [1.807, 2.05) is 0 Å². The predicted octanol–water partition coefficient (Wildman–Crippen LogP) is 3.26. The minimum absolute atomic E-state index is 0. The van der Waals surface area contributed by atoms with Gasteiger partial charge in [-0.05, 0) is 101 Å². The molecule has 2 unspecified atom stereocenters. The molecule has 0 spiro atoms. The summed E-state index contributed by atoms with van der Waals surface area (Å²) >= 11 is 0. The van der Waals surface area contributed by atoms with Crippen LogP contribution in [0.4, 0.5) is 0 Å². The summed E-state index contributed by atoms with van der Waals surface area (Å²) in [5.41, 5.74) is 21.8. The molecule has 23 heteroatoms. The average Bonchev–Trinajstić information content (AvgIpc) is 3.27. The van der Waals surface area contributed by atoms with Crippen LogP contribution in [-0.2, 0) is 24.8 Å². The number of nitrogens with one attached hydrogen (secondary N) is 3. The first-order valence-electron chi connectivity index (χ1n) is 20.5. The Morgan fingerprint density at radius 1 is 0.697 bits per heavy atom. The van der Waals surface area contributed by atoms with E-state index in [1.165, 1.54) is 26.6 Å². The van der Waals surface area contributed by atoms with E-state index in [4.69, 9.17) is 26.7 Å². The maximum absolute atomic E-state index is 12.9. The molecule has 0 amide bonds. The molecule has 0 saturated heterocycles. The van der Waals surface area contributed by atoms with Crippen LogP contribution in [0.15, 0.2) is 80.7 Å². The van der Waals surface area contributed by atoms with Crippen LogP contribution in [0.3, 0.4) is 0 Å². The smallest absolute Gasteiger partial charge is 0.147 e. The van der Waals surface area contributed by atoms with Crippen molar-refractivity contribution in [3.8, 4) is 11.5 Å². The zero-order valence-corrected chi connectivity index (χ0v) is 40.8. The van der Waals surface area contributed by atoms with Gasteiger partial charge in [0, 0.05) is 12.7 Å². The number of nitrogens with zero attached hydrogens (tertiary/aromatic N) is 4. The monoisotopic (exact) mass is 970 g/mol. The summed E-state index contributed by atoms with van der Waals surface area (Å²) in [6, 6.07) is 12.1. The van der Waals surface area contributed by atoms with Gasteiger partial charge in [0.2, 0.25) is 5.96 Å². The number of ether oxygens (including phenoxy) is 2. The van der Waals surface area contributed by atoms with E-state index in [0.29, 0.717) is 78.0 Å². The number of carbonyl (C=O) groups excluding carboxylic acids is 2. The Labute approximate surface area is 394 Å². The number of nitrogens with two attached hydrogens (primary N) is 3. The molecule has 0 aliphatic carbocycles. The standard InChI is InChI=1S/C22H30BN5O5S.C21H29N5O4S.ClH/c1-14-12-19(33-4)15(2)16(3)21(14)34(31,32)28-22(24)26-11-7-9-18(27-13-23-30)20(29)17-8-5-6-10-25-17;1-13-12-18(30-4)14(2)15(3)20(13)31(28,29)26-21(23)25-11-7-8-16(22)19(27)17-9-5-6-10-24-17;/h5-6,8,10,12,18,27H,7,9,11,13H2,1-4H3,(H3,24,26,28);5-6,9-10,12,16H,7-8,11,22H2,1-4H3,(H3,23,25,26);1H. The van der Waals surface area contributed by atoms with Crippen LogP contribution in [0.5, 0.6) is 11.5 Å². The van der Waals surface area contributed by atoms with E-state index >= 15 is 0 Å². The number of halogens is 1. The van der Waals surface area contributed by atoms with Crippen molar-refractivity contribution in [2.24, 2.45) is 27.2 Å². The second-order valence-corrected chi connectivity index (χ2v) is 18.1. The fourth-order valence-electron chi connectivity index (χ4n) is 6.77. The van der Waals surface area contributed by atoms with E-state index in [1.54, 1.807) is 90.1 Å². The van der Waals surface area contributed by atoms with E-state index in [9.17, 15) is 31.1 Å². The molecular formula is C43H60BClN10O9S2. The van der Waals surface area contributed by atoms with Crippen LogP contribution in [0.25, 0.3) is 0 Å². The maximum atomic E-state index is 12.9. The van der Waals surface area contributed by atoms with Gasteiger partial charge in [-0.2, -0.15) is 0 Å². The number of guanidine groups is 2. The SMILES string of the molecule is COc1cc(C)c(S(=O)(=O)NC(N)=NCCCC(N)C(=O)c2ccccn2)c(C)c1C.COc1cc(C)c(S(=O)(=O)NC(N)=NCCCC(NCB=O)C(=O)c2ccccn2)c(C)c1C.Cl. The van der Waals surface area contributed by atoms with Crippen molar-refractivity contribution in [2.45, 2.75) is 89.1 Å². The summed E-state index contributed by atoms with van der Waals surface area (Å²) in [4.78, 5) is 41.3. The van der Waals surface area contributed by atoms with Gasteiger partial charge in [0.05, 0.1) is 25.2 Å². The second-order valence-electron chi connectivity index (χ2n) is 14.9. The van der Waals surface area contributed by atoms with Crippen LogP contribution in [0, 0.1) is 41.5 Å². The Morgan fingerprint density at radius 3 is 1.52 bits per heavy atom. The first-order chi connectivity index (χ1) is 30.7. The van der Waals surface area contributed by atoms with Crippen LogP contribution in [0.2, 0.25) is 0 Å². The summed E-state index contributed by atoms with van der Waals surface area (Å²) < 4.78 is 77.5. The van der Waals surface area contributed by atoms with E-state index in [-0.39, 0.29) is 65.2 Å². The predicted molar refractivity (Wildman–Crippen MR) is 257 cm³/mol. The number of rotatable bonds is 21. The molecule has 2 aromatic heterocycles. The fraction of sp³-hybridized carbons (Fsp3) is 0.395. The number of aliphatic imine (C=N–C) groups is 2. The molecule has 0 aliphatic rings. The van der Waals surface area contributed by atoms with E-state index in [0.717, 1.165) is 11.1 Å². The number of sulfonamides is 2. The number of hydrogen-bond donors (Lipinski definition) is 6. The number of methoxy groups -OCH3 is 2. The molecule has 0 bridgehead atoms. The summed E-state index contributed by atoms with van der Waals surface area (Å²) in [5.74, 6) is 0.262. The molecule has 9 N–H and O–H groups in total. The molecule has 2 atom stereocenters. The zero-order chi connectivity index (χ0) is 48.5. The van der Waals surface area contributed by atoms with Crippen molar-refractivity contribution in [3.63, 3.8) is 0 Å². The molecule has 0 fully saturated rings. The summed E-state index contributed by atoms with van der Waals surface area (Å²) in [6.07, 6.45) is 4.70. The molecule has 2 aromatic carbocycles. The number of aryl methyl sites for hydroxylation is 2. The molecule has 4 rings (SSSR count). The summed E-state index contributed by atoms with van der Waals surface area (Å²) in [7, 11) is -4.14. The Kier molecular flexibility index (Phi) is 22.5. The first-order valence-corrected chi connectivity index (χ1v) is 23.4. The number of Topliss-reactive ketones (excluding diaryl/α,β-unsaturated/α-hetero) is 2. The number of ketones is 2. The minimum atomic E-state index is -3.96. The first kappa shape index (κ1) is 56.3. The van der Waals surface area contributed by atoms with E-state index < -0.39 is 32.1 Å². The molecule has 358 valence electrons. The number of benzene rings is 2. The van der Waals surface area contributed by atoms with Gasteiger partial charge in [-0.15, -0.1) is 12.4 Å². The Bertz CT molecular complexity index is 2590. The summed E-state index contributed by atoms with van der Waals surface area (Å²) in [6.45, 7) is 10.8. The van der Waals surface area contributed by atoms with Gasteiger partial charge >= 0.3 is 151 Å². The van der Waals surface area contributed by atoms with Gasteiger partial charge < -0.3 is 20.9 Å². The molecule has 0 aliphatic heterocycles. The third kappa shape index (κ3) is 15.7. The Balaban J connectivity index is 0.000000448. The molecular weight excluding hydrogens is 911 g/mol. The third-order valence-electron chi connectivity index (χ3n) is 10.2. The van der Waals surface area contributed by atoms with Crippen molar-refractivity contribution in [3.05, 3.63) is 106 Å². The van der Waals surface area contributed by atoms with Crippen molar-refractivity contribution >= 4 is 63.1 Å². The van der Waals surface area contributed by atoms with Gasteiger partial charge in [0.1, 0.15) is 17.2 Å². The van der Waals surface area contributed by atoms with Gasteiger partial charge in [0.25, 0.3) is 10.0 Å². The topological polar surface area (TPSA) is 303 Å². The molecule has 4 aromatic rings. The van der Waals surface area contributed by atoms with Crippen LogP contribution in [-0.4, -0.2) is 103 Å². The van der Waals surface area contributed by atoms with Crippen molar-refractivity contribution < 1.29 is 40.6 Å². The average molecular weight is 971 g/mol. The molecule has 66 heavy (non-hydrogen) atoms. The number of hydrogen-bond acceptors (Lipinski definition) is 15. The second kappa shape index (κ2) is 26.4. The number of pyridine rings is 2. The fourth-order valence-corrected chi connectivity index (χ4v) is 9.74. The minimum Gasteiger partial charge on any atom is -0.147 e. The van der Waals surface area contributed by atoms with Crippen molar-refractivity contribution in [1.29, 1.82) is 0 Å². The molecule has 19 nitrogen and oxygen atoms in total. The van der Waals surface area contributed by atoms with E-state index in [2.05, 4.69) is 34.7 Å². The Hall–Kier alpha value is -5.81. The van der Waals surface area contributed by atoms with Crippen molar-refractivity contribution in [2.75, 3.05) is 33.8 Å². The normalized spacial score (nSPS) is 12.6.